The Balaban J connectivity index is 2.27. The van der Waals surface area contributed by atoms with E-state index in [-0.39, 0.29) is 23.9 Å². The van der Waals surface area contributed by atoms with E-state index in [0.717, 1.165) is 5.56 Å². The zero-order valence-electron chi connectivity index (χ0n) is 10.8. The van der Waals surface area contributed by atoms with Crippen LogP contribution in [0.4, 0.5) is 10.1 Å². The highest BCUT2D eigenvalue weighted by Gasteiger charge is 2.38. The number of rotatable bonds is 3. The van der Waals surface area contributed by atoms with Crippen molar-refractivity contribution in [3.05, 3.63) is 29.6 Å². The number of hydrogen-bond acceptors (Lipinski definition) is 4. The van der Waals surface area contributed by atoms with Crippen LogP contribution in [-0.4, -0.2) is 37.2 Å². The van der Waals surface area contributed by atoms with E-state index in [1.54, 1.807) is 13.0 Å². The van der Waals surface area contributed by atoms with Crippen LogP contribution in [0, 0.1) is 12.7 Å². The van der Waals surface area contributed by atoms with Crippen molar-refractivity contribution in [1.82, 2.24) is 0 Å². The molecule has 1 aromatic carbocycles. The molecule has 2 N–H and O–H groups in total. The Hall–Kier alpha value is -1.14. The van der Waals surface area contributed by atoms with Gasteiger partial charge in [-0.2, -0.15) is 0 Å². The summed E-state index contributed by atoms with van der Waals surface area (Å²) in [6.07, 6.45) is 1.06. The summed E-state index contributed by atoms with van der Waals surface area (Å²) in [6, 6.07) is 4.45. The van der Waals surface area contributed by atoms with Gasteiger partial charge in [-0.3, -0.25) is 0 Å². The van der Waals surface area contributed by atoms with E-state index in [1.807, 2.05) is 0 Å². The fourth-order valence-electron chi connectivity index (χ4n) is 2.57. The molecule has 1 aliphatic heterocycles. The molecule has 1 heterocycles. The normalized spacial score (nSPS) is 26.1. The van der Waals surface area contributed by atoms with Crippen molar-refractivity contribution in [2.45, 2.75) is 25.3 Å². The molecule has 1 aliphatic rings. The first-order valence-corrected chi connectivity index (χ1v) is 8.03. The Morgan fingerprint density at radius 1 is 1.42 bits per heavy atom. The van der Waals surface area contributed by atoms with Crippen molar-refractivity contribution in [1.29, 1.82) is 0 Å². The highest BCUT2D eigenvalue weighted by Crippen LogP contribution is 2.28. The topological polar surface area (TPSA) is 66.4 Å². The molecule has 1 atom stereocenters. The minimum absolute atomic E-state index is 0.119. The molecule has 106 valence electrons. The van der Waals surface area contributed by atoms with Crippen molar-refractivity contribution < 1.29 is 17.9 Å². The van der Waals surface area contributed by atoms with Gasteiger partial charge in [-0.1, -0.05) is 0 Å². The number of halogens is 1. The molecule has 1 saturated heterocycles. The Morgan fingerprint density at radius 2 is 2.16 bits per heavy atom. The van der Waals surface area contributed by atoms with Gasteiger partial charge in [0.2, 0.25) is 0 Å². The van der Waals surface area contributed by atoms with Crippen molar-refractivity contribution in [3.63, 3.8) is 0 Å². The van der Waals surface area contributed by atoms with Crippen LogP contribution in [0.2, 0.25) is 0 Å². The number of nitrogens with one attached hydrogen (secondary N) is 1. The molecule has 0 aliphatic carbocycles. The number of hydrogen-bond donors (Lipinski definition) is 2. The molecule has 0 bridgehead atoms. The molecule has 0 radical (unpaired) electrons. The highest BCUT2D eigenvalue weighted by molar-refractivity contribution is 7.91. The minimum atomic E-state index is -3.16. The summed E-state index contributed by atoms with van der Waals surface area (Å²) in [5.74, 6) is -0.348. The van der Waals surface area contributed by atoms with Crippen LogP contribution in [0.15, 0.2) is 18.2 Å². The maximum Gasteiger partial charge on any atom is 0.152 e. The van der Waals surface area contributed by atoms with Crippen LogP contribution in [0.5, 0.6) is 0 Å². The lowest BCUT2D eigenvalue weighted by atomic mass is 9.95. The first-order valence-electron chi connectivity index (χ1n) is 6.21. The van der Waals surface area contributed by atoms with Gasteiger partial charge in [-0.25, -0.2) is 12.8 Å². The summed E-state index contributed by atoms with van der Waals surface area (Å²) in [7, 11) is -3.16. The highest BCUT2D eigenvalue weighted by atomic mass is 32.2. The molecule has 0 spiro atoms. The molecule has 0 saturated carbocycles. The lowest BCUT2D eigenvalue weighted by molar-refractivity contribution is 0.212. The van der Waals surface area contributed by atoms with Gasteiger partial charge in [0.05, 0.1) is 23.7 Å². The summed E-state index contributed by atoms with van der Waals surface area (Å²) in [4.78, 5) is 0. The second kappa shape index (κ2) is 5.09. The van der Waals surface area contributed by atoms with E-state index in [0.29, 0.717) is 18.5 Å². The first kappa shape index (κ1) is 14.3. The zero-order valence-corrected chi connectivity index (χ0v) is 11.6. The molecular weight excluding hydrogens is 269 g/mol. The van der Waals surface area contributed by atoms with Gasteiger partial charge < -0.3 is 10.4 Å². The predicted octanol–water partition coefficient (Wildman–Crippen LogP) is 1.49. The van der Waals surface area contributed by atoms with Gasteiger partial charge in [-0.05, 0) is 43.5 Å². The fourth-order valence-corrected chi connectivity index (χ4v) is 4.45. The number of benzene rings is 1. The average molecular weight is 287 g/mol. The van der Waals surface area contributed by atoms with Gasteiger partial charge in [0.1, 0.15) is 5.82 Å². The lowest BCUT2D eigenvalue weighted by Crippen LogP contribution is -2.51. The summed E-state index contributed by atoms with van der Waals surface area (Å²) in [5, 5.41) is 12.6. The van der Waals surface area contributed by atoms with E-state index in [2.05, 4.69) is 5.32 Å². The largest absolute Gasteiger partial charge is 0.394 e. The third-order valence-electron chi connectivity index (χ3n) is 3.36. The molecule has 6 heteroatoms. The Labute approximate surface area is 112 Å². The second-order valence-electron chi connectivity index (χ2n) is 5.28. The number of aliphatic hydroxyl groups excluding tert-OH is 1. The SMILES string of the molecule is Cc1cc(F)cc(NC2(CO)CCCS(=O)(=O)C2)c1. The Bertz CT molecular complexity index is 553. The Morgan fingerprint density at radius 3 is 2.74 bits per heavy atom. The van der Waals surface area contributed by atoms with Crippen molar-refractivity contribution in [2.24, 2.45) is 0 Å². The lowest BCUT2D eigenvalue weighted by Gasteiger charge is -2.37. The monoisotopic (exact) mass is 287 g/mol. The molecule has 1 unspecified atom stereocenters. The van der Waals surface area contributed by atoms with Crippen LogP contribution < -0.4 is 5.32 Å². The number of aryl methyl sites for hydroxylation is 1. The van der Waals surface area contributed by atoms with E-state index < -0.39 is 15.4 Å². The van der Waals surface area contributed by atoms with Crippen LogP contribution in [0.3, 0.4) is 0 Å². The quantitative estimate of drug-likeness (QED) is 0.884. The van der Waals surface area contributed by atoms with E-state index in [9.17, 15) is 17.9 Å². The molecule has 0 aromatic heterocycles. The summed E-state index contributed by atoms with van der Waals surface area (Å²) >= 11 is 0. The van der Waals surface area contributed by atoms with Gasteiger partial charge >= 0.3 is 0 Å². The standard InChI is InChI=1S/C13H18FNO3S/c1-10-5-11(14)7-12(6-10)15-13(8-16)3-2-4-19(17,18)9-13/h5-7,15-16H,2-4,8-9H2,1H3. The van der Waals surface area contributed by atoms with E-state index >= 15 is 0 Å². The van der Waals surface area contributed by atoms with Gasteiger partial charge in [0.15, 0.2) is 9.84 Å². The molecule has 1 fully saturated rings. The third kappa shape index (κ3) is 3.45. The summed E-state index contributed by atoms with van der Waals surface area (Å²) in [5.41, 5.74) is 0.343. The van der Waals surface area contributed by atoms with Crippen LogP contribution >= 0.6 is 0 Å². The summed E-state index contributed by atoms with van der Waals surface area (Å²) < 4.78 is 36.8. The molecule has 2 rings (SSSR count). The van der Waals surface area contributed by atoms with Gasteiger partial charge in [0, 0.05) is 5.69 Å². The zero-order chi connectivity index (χ0) is 14.1. The molecule has 4 nitrogen and oxygen atoms in total. The molecule has 19 heavy (non-hydrogen) atoms. The van der Waals surface area contributed by atoms with E-state index in [1.165, 1.54) is 12.1 Å². The van der Waals surface area contributed by atoms with Crippen molar-refractivity contribution in [2.75, 3.05) is 23.4 Å². The molecule has 0 amide bonds. The number of anilines is 1. The first-order chi connectivity index (χ1) is 8.84. The minimum Gasteiger partial charge on any atom is -0.394 e. The predicted molar refractivity (Wildman–Crippen MR) is 72.5 cm³/mol. The van der Waals surface area contributed by atoms with Crippen LogP contribution in [0.25, 0.3) is 0 Å². The maximum absolute atomic E-state index is 13.3. The molecule has 1 aromatic rings. The van der Waals surface area contributed by atoms with Crippen LogP contribution in [-0.2, 0) is 9.84 Å². The second-order valence-corrected chi connectivity index (χ2v) is 7.46. The van der Waals surface area contributed by atoms with Gasteiger partial charge in [0.25, 0.3) is 0 Å². The average Bonchev–Trinajstić information content (AvgIpc) is 2.26. The van der Waals surface area contributed by atoms with Gasteiger partial charge in [-0.15, -0.1) is 0 Å². The van der Waals surface area contributed by atoms with Crippen molar-refractivity contribution in [3.8, 4) is 0 Å². The Kier molecular flexibility index (Phi) is 3.82. The smallest absolute Gasteiger partial charge is 0.152 e. The van der Waals surface area contributed by atoms with Crippen molar-refractivity contribution >= 4 is 15.5 Å². The fraction of sp³-hybridized carbons (Fsp3) is 0.538. The third-order valence-corrected chi connectivity index (χ3v) is 5.26. The van der Waals surface area contributed by atoms with Crippen LogP contribution in [0.1, 0.15) is 18.4 Å². The van der Waals surface area contributed by atoms with E-state index in [4.69, 9.17) is 0 Å². The molecular formula is C13H18FNO3S. The summed E-state index contributed by atoms with van der Waals surface area (Å²) in [6.45, 7) is 1.47. The number of aliphatic hydroxyl groups is 1. The number of sulfone groups is 1. The maximum atomic E-state index is 13.3.